The third-order valence-corrected chi connectivity index (χ3v) is 5.29. The van der Waals surface area contributed by atoms with Crippen molar-refractivity contribution < 1.29 is 4.79 Å². The first-order valence-electron chi connectivity index (χ1n) is 8.01. The van der Waals surface area contributed by atoms with Crippen molar-refractivity contribution in [2.24, 2.45) is 0 Å². The Balaban J connectivity index is 1.48. The van der Waals surface area contributed by atoms with E-state index in [1.807, 2.05) is 10.3 Å². The molecule has 4 rings (SSSR count). The van der Waals surface area contributed by atoms with Gasteiger partial charge < -0.3 is 10.2 Å². The van der Waals surface area contributed by atoms with Gasteiger partial charge in [-0.05, 0) is 32.6 Å². The fraction of sp³-hybridized carbons (Fsp3) is 0.500. The standard InChI is InChI=1S/C16H19N5OS/c1-10-5-11(6-21(10)16(22)14-7-23-9-19-14)20-15-12-3-2-4-13(12)17-8-18-15/h7-11H,2-6H2,1H3,(H,17,18,20). The maximum atomic E-state index is 12.5. The van der Waals surface area contributed by atoms with Gasteiger partial charge in [-0.25, -0.2) is 15.0 Å². The lowest BCUT2D eigenvalue weighted by Gasteiger charge is -2.20. The molecule has 6 nitrogen and oxygen atoms in total. The van der Waals surface area contributed by atoms with Crippen LogP contribution in [0.5, 0.6) is 0 Å². The SMILES string of the molecule is CC1CC(Nc2ncnc3c2CCC3)CN1C(=O)c1cscn1. The molecule has 1 N–H and O–H groups in total. The van der Waals surface area contributed by atoms with E-state index < -0.39 is 0 Å². The normalized spacial score (nSPS) is 23.1. The Morgan fingerprint density at radius 3 is 3.09 bits per heavy atom. The summed E-state index contributed by atoms with van der Waals surface area (Å²) in [5.41, 5.74) is 4.67. The van der Waals surface area contributed by atoms with Crippen LogP contribution in [0.3, 0.4) is 0 Å². The number of hydrogen-bond acceptors (Lipinski definition) is 6. The topological polar surface area (TPSA) is 71.0 Å². The fourth-order valence-corrected chi connectivity index (χ4v) is 4.09. The minimum Gasteiger partial charge on any atom is -0.365 e. The molecule has 2 atom stereocenters. The summed E-state index contributed by atoms with van der Waals surface area (Å²) in [6.07, 6.45) is 5.81. The largest absolute Gasteiger partial charge is 0.365 e. The van der Waals surface area contributed by atoms with Gasteiger partial charge in [0.15, 0.2) is 0 Å². The molecule has 120 valence electrons. The van der Waals surface area contributed by atoms with Gasteiger partial charge in [-0.2, -0.15) is 0 Å². The summed E-state index contributed by atoms with van der Waals surface area (Å²) in [6, 6.07) is 0.434. The van der Waals surface area contributed by atoms with Crippen LogP contribution in [-0.2, 0) is 12.8 Å². The summed E-state index contributed by atoms with van der Waals surface area (Å²) in [5, 5.41) is 5.35. The summed E-state index contributed by atoms with van der Waals surface area (Å²) >= 11 is 1.45. The molecule has 1 aliphatic carbocycles. The molecule has 7 heteroatoms. The lowest BCUT2D eigenvalue weighted by molar-refractivity contribution is 0.0741. The molecule has 1 saturated heterocycles. The van der Waals surface area contributed by atoms with Crippen LogP contribution in [0.4, 0.5) is 5.82 Å². The number of rotatable bonds is 3. The first-order valence-corrected chi connectivity index (χ1v) is 8.95. The molecule has 2 aromatic heterocycles. The number of hydrogen-bond donors (Lipinski definition) is 1. The van der Waals surface area contributed by atoms with E-state index >= 15 is 0 Å². The molecule has 1 amide bonds. The quantitative estimate of drug-likeness (QED) is 0.934. The molecule has 1 aliphatic heterocycles. The average molecular weight is 329 g/mol. The summed E-state index contributed by atoms with van der Waals surface area (Å²) in [5.74, 6) is 0.976. The van der Waals surface area contributed by atoms with Crippen LogP contribution in [0.1, 0.15) is 41.5 Å². The molecule has 0 saturated carbocycles. The lowest BCUT2D eigenvalue weighted by atomic mass is 10.1. The maximum absolute atomic E-state index is 12.5. The summed E-state index contributed by atoms with van der Waals surface area (Å²) in [7, 11) is 0. The van der Waals surface area contributed by atoms with Gasteiger partial charge in [0.25, 0.3) is 5.91 Å². The Morgan fingerprint density at radius 2 is 2.26 bits per heavy atom. The third kappa shape index (κ3) is 2.69. The number of amides is 1. The molecule has 0 bridgehead atoms. The van der Waals surface area contributed by atoms with Gasteiger partial charge >= 0.3 is 0 Å². The number of aryl methyl sites for hydroxylation is 1. The van der Waals surface area contributed by atoms with Crippen LogP contribution in [-0.4, -0.2) is 44.4 Å². The zero-order valence-electron chi connectivity index (χ0n) is 13.0. The van der Waals surface area contributed by atoms with E-state index in [1.165, 1.54) is 22.6 Å². The van der Waals surface area contributed by atoms with Crippen molar-refractivity contribution in [2.75, 3.05) is 11.9 Å². The maximum Gasteiger partial charge on any atom is 0.273 e. The van der Waals surface area contributed by atoms with E-state index in [4.69, 9.17) is 0 Å². The van der Waals surface area contributed by atoms with Crippen LogP contribution >= 0.6 is 11.3 Å². The minimum atomic E-state index is 0.0240. The average Bonchev–Trinajstić information content (AvgIpc) is 3.27. The van der Waals surface area contributed by atoms with E-state index in [-0.39, 0.29) is 18.0 Å². The molecule has 3 heterocycles. The van der Waals surface area contributed by atoms with Gasteiger partial charge in [0.2, 0.25) is 0 Å². The van der Waals surface area contributed by atoms with E-state index in [1.54, 1.807) is 11.8 Å². The molecular formula is C16H19N5OS. The first-order chi connectivity index (χ1) is 11.2. The molecule has 23 heavy (non-hydrogen) atoms. The van der Waals surface area contributed by atoms with Gasteiger partial charge in [0.05, 0.1) is 5.51 Å². The minimum absolute atomic E-state index is 0.0240. The zero-order valence-corrected chi connectivity index (χ0v) is 13.8. The second-order valence-corrected chi connectivity index (χ2v) is 6.98. The Labute approximate surface area is 139 Å². The highest BCUT2D eigenvalue weighted by atomic mass is 32.1. The number of thiazole rings is 1. The number of aromatic nitrogens is 3. The number of fused-ring (bicyclic) bond motifs is 1. The molecule has 0 radical (unpaired) electrons. The highest BCUT2D eigenvalue weighted by Gasteiger charge is 2.34. The van der Waals surface area contributed by atoms with Gasteiger partial charge in [-0.3, -0.25) is 4.79 Å². The zero-order chi connectivity index (χ0) is 15.8. The predicted octanol–water partition coefficient (Wildman–Crippen LogP) is 2.14. The van der Waals surface area contributed by atoms with Crippen molar-refractivity contribution >= 4 is 23.1 Å². The molecule has 1 fully saturated rings. The molecule has 0 aromatic carbocycles. The van der Waals surface area contributed by atoms with Crippen molar-refractivity contribution in [2.45, 2.75) is 44.7 Å². The number of carbonyl (C=O) groups excluding carboxylic acids is 1. The summed E-state index contributed by atoms with van der Waals surface area (Å²) in [4.78, 5) is 27.4. The molecule has 0 spiro atoms. The molecule has 2 unspecified atom stereocenters. The van der Waals surface area contributed by atoms with E-state index in [0.29, 0.717) is 12.2 Å². The number of anilines is 1. The van der Waals surface area contributed by atoms with Gasteiger partial charge in [-0.15, -0.1) is 11.3 Å². The molecule has 2 aliphatic rings. The van der Waals surface area contributed by atoms with Crippen LogP contribution in [0.25, 0.3) is 0 Å². The lowest BCUT2D eigenvalue weighted by Crippen LogP contribution is -2.35. The highest BCUT2D eigenvalue weighted by molar-refractivity contribution is 7.07. The van der Waals surface area contributed by atoms with E-state index in [2.05, 4.69) is 27.2 Å². The monoisotopic (exact) mass is 329 g/mol. The number of likely N-dealkylation sites (tertiary alicyclic amines) is 1. The number of nitrogens with zero attached hydrogens (tertiary/aromatic N) is 4. The predicted molar refractivity (Wildman–Crippen MR) is 88.7 cm³/mol. The summed E-state index contributed by atoms with van der Waals surface area (Å²) < 4.78 is 0. The Bertz CT molecular complexity index is 717. The summed E-state index contributed by atoms with van der Waals surface area (Å²) in [6.45, 7) is 2.78. The number of carbonyl (C=O) groups is 1. The van der Waals surface area contributed by atoms with Gasteiger partial charge in [-0.1, -0.05) is 0 Å². The van der Waals surface area contributed by atoms with Crippen LogP contribution in [0.2, 0.25) is 0 Å². The van der Waals surface area contributed by atoms with Crippen molar-refractivity contribution in [1.82, 2.24) is 19.9 Å². The van der Waals surface area contributed by atoms with Gasteiger partial charge in [0, 0.05) is 35.3 Å². The van der Waals surface area contributed by atoms with Crippen LogP contribution in [0, 0.1) is 0 Å². The van der Waals surface area contributed by atoms with Gasteiger partial charge in [0.1, 0.15) is 17.8 Å². The fourth-order valence-electron chi connectivity index (χ4n) is 3.56. The van der Waals surface area contributed by atoms with E-state index in [9.17, 15) is 4.79 Å². The Kier molecular flexibility index (Phi) is 3.72. The third-order valence-electron chi connectivity index (χ3n) is 4.70. The first kappa shape index (κ1) is 14.6. The number of nitrogens with one attached hydrogen (secondary N) is 1. The highest BCUT2D eigenvalue weighted by Crippen LogP contribution is 2.28. The second-order valence-electron chi connectivity index (χ2n) is 6.26. The second kappa shape index (κ2) is 5.88. The Morgan fingerprint density at radius 1 is 1.35 bits per heavy atom. The smallest absolute Gasteiger partial charge is 0.273 e. The molecule has 2 aromatic rings. The van der Waals surface area contributed by atoms with Crippen molar-refractivity contribution in [3.8, 4) is 0 Å². The van der Waals surface area contributed by atoms with Crippen LogP contribution in [0.15, 0.2) is 17.2 Å². The Hall–Kier alpha value is -2.02. The van der Waals surface area contributed by atoms with Crippen molar-refractivity contribution in [1.29, 1.82) is 0 Å². The van der Waals surface area contributed by atoms with Crippen molar-refractivity contribution in [3.63, 3.8) is 0 Å². The van der Waals surface area contributed by atoms with Crippen LogP contribution < -0.4 is 5.32 Å². The van der Waals surface area contributed by atoms with Crippen molar-refractivity contribution in [3.05, 3.63) is 34.2 Å². The van der Waals surface area contributed by atoms with E-state index in [0.717, 1.165) is 31.5 Å². The molecular weight excluding hydrogens is 310 g/mol.